The molecule has 0 aliphatic heterocycles. The fraction of sp³-hybridized carbons (Fsp3) is 0.150. The Balaban J connectivity index is 1.67. The van der Waals surface area contributed by atoms with Gasteiger partial charge in [-0.3, -0.25) is 0 Å². The van der Waals surface area contributed by atoms with Crippen LogP contribution in [0.15, 0.2) is 47.4 Å². The minimum Gasteiger partial charge on any atom is -0.497 e. The van der Waals surface area contributed by atoms with Crippen LogP contribution in [-0.4, -0.2) is 31.4 Å². The molecule has 1 aromatic carbocycles. The van der Waals surface area contributed by atoms with Crippen molar-refractivity contribution in [3.8, 4) is 28.6 Å². The second-order valence-electron chi connectivity index (χ2n) is 6.64. The van der Waals surface area contributed by atoms with Crippen LogP contribution in [-0.2, 0) is 14.1 Å². The maximum absolute atomic E-state index is 13.7. The summed E-state index contributed by atoms with van der Waals surface area (Å²) in [5.41, 5.74) is 3.14. The first-order valence-electron chi connectivity index (χ1n) is 8.63. The summed E-state index contributed by atoms with van der Waals surface area (Å²) in [6, 6.07) is 7.26. The summed E-state index contributed by atoms with van der Waals surface area (Å²) in [5.74, 6) is 1.10. The van der Waals surface area contributed by atoms with E-state index in [9.17, 15) is 4.39 Å². The van der Waals surface area contributed by atoms with Gasteiger partial charge in [0.15, 0.2) is 0 Å². The molecule has 4 aromatic heterocycles. The smallest absolute Gasteiger partial charge is 0.260 e. The lowest BCUT2D eigenvalue weighted by atomic mass is 10.1. The highest BCUT2D eigenvalue weighted by atomic mass is 19.1. The third kappa shape index (κ3) is 2.38. The minimum absolute atomic E-state index is 0.313. The molecule has 0 atom stereocenters. The number of aryl methyl sites for hydroxylation is 2. The number of nitrogens with zero attached hydrogens (tertiary/aromatic N) is 5. The molecule has 5 rings (SSSR count). The van der Waals surface area contributed by atoms with Gasteiger partial charge in [0.1, 0.15) is 17.2 Å². The molecule has 0 aliphatic rings. The maximum atomic E-state index is 13.7. The van der Waals surface area contributed by atoms with Gasteiger partial charge in [-0.1, -0.05) is 5.16 Å². The predicted molar refractivity (Wildman–Crippen MR) is 102 cm³/mol. The van der Waals surface area contributed by atoms with Gasteiger partial charge in [-0.25, -0.2) is 9.37 Å². The first kappa shape index (κ1) is 16.5. The van der Waals surface area contributed by atoms with Gasteiger partial charge in [0.2, 0.25) is 5.82 Å². The van der Waals surface area contributed by atoms with Crippen LogP contribution in [0.25, 0.3) is 44.8 Å². The highest BCUT2D eigenvalue weighted by Gasteiger charge is 2.19. The Labute approximate surface area is 159 Å². The van der Waals surface area contributed by atoms with E-state index in [1.807, 2.05) is 43.1 Å². The summed E-state index contributed by atoms with van der Waals surface area (Å²) < 4.78 is 28.4. The van der Waals surface area contributed by atoms with Gasteiger partial charge in [-0.05, 0) is 24.3 Å². The Morgan fingerprint density at radius 1 is 1.04 bits per heavy atom. The predicted octanol–water partition coefficient (Wildman–Crippen LogP) is 3.93. The van der Waals surface area contributed by atoms with Gasteiger partial charge < -0.3 is 18.4 Å². The van der Waals surface area contributed by atoms with Crippen molar-refractivity contribution in [2.24, 2.45) is 14.1 Å². The molecule has 0 radical (unpaired) electrons. The Morgan fingerprint density at radius 2 is 1.86 bits per heavy atom. The largest absolute Gasteiger partial charge is 0.497 e. The highest BCUT2D eigenvalue weighted by molar-refractivity contribution is 5.96. The molecular formula is C20H16FN5O2. The number of rotatable bonds is 3. The zero-order chi connectivity index (χ0) is 19.4. The quantitative estimate of drug-likeness (QED) is 0.476. The summed E-state index contributed by atoms with van der Waals surface area (Å²) in [4.78, 5) is 8.70. The lowest BCUT2D eigenvalue weighted by Gasteiger charge is -2.00. The van der Waals surface area contributed by atoms with Crippen LogP contribution in [0.4, 0.5) is 4.39 Å². The van der Waals surface area contributed by atoms with Crippen molar-refractivity contribution in [2.45, 2.75) is 0 Å². The Morgan fingerprint density at radius 3 is 2.68 bits per heavy atom. The van der Waals surface area contributed by atoms with Gasteiger partial charge in [0.05, 0.1) is 18.9 Å². The SMILES string of the molecule is COc1ccc2c(c1)c(-c1noc(-c3cn(C)c4ncc(F)cc34)n1)cn2C. The molecule has 0 spiro atoms. The molecule has 0 amide bonds. The molecule has 4 heterocycles. The van der Waals surface area contributed by atoms with E-state index < -0.39 is 5.82 Å². The highest BCUT2D eigenvalue weighted by Crippen LogP contribution is 2.34. The van der Waals surface area contributed by atoms with E-state index in [0.29, 0.717) is 28.3 Å². The fourth-order valence-corrected chi connectivity index (χ4v) is 3.52. The number of hydrogen-bond acceptors (Lipinski definition) is 5. The molecule has 8 heteroatoms. The number of pyridine rings is 1. The van der Waals surface area contributed by atoms with Crippen LogP contribution in [0.1, 0.15) is 0 Å². The third-order valence-corrected chi connectivity index (χ3v) is 4.87. The zero-order valence-corrected chi connectivity index (χ0v) is 15.5. The van der Waals surface area contributed by atoms with Crippen molar-refractivity contribution in [3.05, 3.63) is 48.7 Å². The molecule has 0 fully saturated rings. The molecule has 0 aliphatic carbocycles. The summed E-state index contributed by atoms with van der Waals surface area (Å²) in [6.45, 7) is 0. The van der Waals surface area contributed by atoms with Crippen molar-refractivity contribution >= 4 is 21.9 Å². The topological polar surface area (TPSA) is 70.9 Å². The summed E-state index contributed by atoms with van der Waals surface area (Å²) in [6.07, 6.45) is 4.94. The van der Waals surface area contributed by atoms with Crippen molar-refractivity contribution in [2.75, 3.05) is 7.11 Å². The van der Waals surface area contributed by atoms with Gasteiger partial charge in [0.25, 0.3) is 5.89 Å². The second-order valence-corrected chi connectivity index (χ2v) is 6.64. The van der Waals surface area contributed by atoms with E-state index in [4.69, 9.17) is 9.26 Å². The summed E-state index contributed by atoms with van der Waals surface area (Å²) in [7, 11) is 5.42. The van der Waals surface area contributed by atoms with Gasteiger partial charge in [0, 0.05) is 48.3 Å². The number of ether oxygens (including phenoxy) is 1. The van der Waals surface area contributed by atoms with Crippen LogP contribution in [0.2, 0.25) is 0 Å². The maximum Gasteiger partial charge on any atom is 0.260 e. The lowest BCUT2D eigenvalue weighted by molar-refractivity contribution is 0.415. The van der Waals surface area contributed by atoms with Crippen LogP contribution < -0.4 is 4.74 Å². The van der Waals surface area contributed by atoms with E-state index in [-0.39, 0.29) is 0 Å². The number of benzene rings is 1. The Kier molecular flexibility index (Phi) is 3.48. The number of hydrogen-bond donors (Lipinski definition) is 0. The van der Waals surface area contributed by atoms with Gasteiger partial charge >= 0.3 is 0 Å². The van der Waals surface area contributed by atoms with Crippen LogP contribution >= 0.6 is 0 Å². The Bertz CT molecular complexity index is 1350. The fourth-order valence-electron chi connectivity index (χ4n) is 3.52. The number of methoxy groups -OCH3 is 1. The third-order valence-electron chi connectivity index (χ3n) is 4.87. The number of aromatic nitrogens is 5. The van der Waals surface area contributed by atoms with E-state index in [1.165, 1.54) is 12.3 Å². The molecule has 28 heavy (non-hydrogen) atoms. The van der Waals surface area contributed by atoms with Crippen molar-refractivity contribution in [1.29, 1.82) is 0 Å². The molecule has 140 valence electrons. The molecule has 0 unspecified atom stereocenters. The molecule has 7 nitrogen and oxygen atoms in total. The summed E-state index contributed by atoms with van der Waals surface area (Å²) >= 11 is 0. The zero-order valence-electron chi connectivity index (χ0n) is 15.5. The van der Waals surface area contributed by atoms with Gasteiger partial charge in [-0.15, -0.1) is 0 Å². The van der Waals surface area contributed by atoms with Crippen molar-refractivity contribution in [1.82, 2.24) is 24.3 Å². The Hall–Kier alpha value is -3.68. The van der Waals surface area contributed by atoms with Gasteiger partial charge in [-0.2, -0.15) is 4.98 Å². The molecule has 5 aromatic rings. The molecule has 0 N–H and O–H groups in total. The molecule has 0 bridgehead atoms. The molecular weight excluding hydrogens is 361 g/mol. The average Bonchev–Trinajstić information content (AvgIpc) is 3.38. The van der Waals surface area contributed by atoms with Crippen molar-refractivity contribution in [3.63, 3.8) is 0 Å². The minimum atomic E-state index is -0.416. The average molecular weight is 377 g/mol. The number of halogens is 1. The van der Waals surface area contributed by atoms with Crippen LogP contribution in [0, 0.1) is 5.82 Å². The van der Waals surface area contributed by atoms with E-state index >= 15 is 0 Å². The first-order chi connectivity index (χ1) is 13.5. The first-order valence-corrected chi connectivity index (χ1v) is 8.63. The van der Waals surface area contributed by atoms with Crippen LogP contribution in [0.3, 0.4) is 0 Å². The lowest BCUT2D eigenvalue weighted by Crippen LogP contribution is -1.87. The standard InChI is InChI=1S/C20H16FN5O2/c1-25-9-15(13-7-12(27-3)4-5-17(13)25)18-23-20(28-24-18)16-10-26(2)19-14(16)6-11(21)8-22-19/h4-10H,1-3H3. The normalized spacial score (nSPS) is 11.6. The molecule has 0 saturated heterocycles. The van der Waals surface area contributed by atoms with E-state index in [1.54, 1.807) is 17.9 Å². The van der Waals surface area contributed by atoms with E-state index in [2.05, 4.69) is 15.1 Å². The van der Waals surface area contributed by atoms with E-state index in [0.717, 1.165) is 22.2 Å². The van der Waals surface area contributed by atoms with Crippen molar-refractivity contribution < 1.29 is 13.7 Å². The molecule has 0 saturated carbocycles. The van der Waals surface area contributed by atoms with Crippen LogP contribution in [0.5, 0.6) is 5.75 Å². The number of fused-ring (bicyclic) bond motifs is 2. The monoisotopic (exact) mass is 377 g/mol. The summed E-state index contributed by atoms with van der Waals surface area (Å²) in [5, 5.41) is 5.74. The second kappa shape index (κ2) is 5.91.